The average Bonchev–Trinajstić information content (AvgIpc) is 3.16. The highest BCUT2D eigenvalue weighted by Gasteiger charge is 2.39. The minimum Gasteiger partial charge on any atom is -0.505 e. The first-order valence-electron chi connectivity index (χ1n) is 12.1. The summed E-state index contributed by atoms with van der Waals surface area (Å²) < 4.78 is 20.7. The van der Waals surface area contributed by atoms with Crippen molar-refractivity contribution in [3.05, 3.63) is 50.2 Å². The number of amides is 2. The molecule has 2 aromatic rings. The van der Waals surface area contributed by atoms with Crippen molar-refractivity contribution in [3.63, 3.8) is 0 Å². The average molecular weight is 627 g/mol. The number of carbonyl (C=O) groups is 4. The second-order valence-corrected chi connectivity index (χ2v) is 9.33. The molecule has 2 heterocycles. The molecule has 40 heavy (non-hydrogen) atoms. The summed E-state index contributed by atoms with van der Waals surface area (Å²) in [6, 6.07) is 2.83. The molecule has 3 rings (SSSR count). The van der Waals surface area contributed by atoms with Gasteiger partial charge in [-0.2, -0.15) is 0 Å². The maximum absolute atomic E-state index is 12.9. The van der Waals surface area contributed by atoms with Crippen molar-refractivity contribution in [2.24, 2.45) is 0 Å². The zero-order valence-electron chi connectivity index (χ0n) is 21.4. The highest BCUT2D eigenvalue weighted by atomic mass is 79.9. The number of fused-ring (bicyclic) bond motifs is 1. The van der Waals surface area contributed by atoms with Gasteiger partial charge in [0.2, 0.25) is 11.7 Å². The Morgan fingerprint density at radius 2 is 1.88 bits per heavy atom. The Hall–Kier alpha value is -4.11. The molecular weight excluding hydrogens is 600 g/mol. The lowest BCUT2D eigenvalue weighted by Gasteiger charge is -2.18. The molecule has 15 heteroatoms. The van der Waals surface area contributed by atoms with Gasteiger partial charge in [-0.05, 0) is 48.3 Å². The fourth-order valence-electron chi connectivity index (χ4n) is 3.67. The number of ether oxygens (including phenoxy) is 3. The zero-order chi connectivity index (χ0) is 29.6. The fraction of sp³-hybridized carbons (Fsp3) is 0.400. The van der Waals surface area contributed by atoms with Gasteiger partial charge >= 0.3 is 17.6 Å². The molecule has 0 fully saturated rings. The second-order valence-electron chi connectivity index (χ2n) is 8.48. The second kappa shape index (κ2) is 13.3. The van der Waals surface area contributed by atoms with Crippen LogP contribution in [0.3, 0.4) is 0 Å². The van der Waals surface area contributed by atoms with Crippen molar-refractivity contribution in [3.8, 4) is 5.75 Å². The quantitative estimate of drug-likeness (QED) is 0.166. The van der Waals surface area contributed by atoms with E-state index in [1.54, 1.807) is 13.8 Å². The predicted octanol–water partition coefficient (Wildman–Crippen LogP) is 1.13. The van der Waals surface area contributed by atoms with Crippen molar-refractivity contribution in [1.29, 1.82) is 0 Å². The number of benzene rings is 1. The summed E-state index contributed by atoms with van der Waals surface area (Å²) in [5, 5.41) is 34.6. The number of halogens is 1. The van der Waals surface area contributed by atoms with Gasteiger partial charge in [0.05, 0.1) is 11.1 Å². The summed E-state index contributed by atoms with van der Waals surface area (Å²) in [7, 11) is 0. The lowest BCUT2D eigenvalue weighted by atomic mass is 10.1. The van der Waals surface area contributed by atoms with E-state index in [-0.39, 0.29) is 36.7 Å². The minimum absolute atomic E-state index is 0.0140. The van der Waals surface area contributed by atoms with Crippen molar-refractivity contribution < 1.29 is 53.1 Å². The van der Waals surface area contributed by atoms with Crippen LogP contribution in [0.15, 0.2) is 43.4 Å². The molecule has 216 valence electrons. The lowest BCUT2D eigenvalue weighted by Crippen LogP contribution is -2.43. The van der Waals surface area contributed by atoms with E-state index in [4.69, 9.17) is 13.9 Å². The Balaban J connectivity index is 1.76. The maximum Gasteiger partial charge on any atom is 0.377 e. The van der Waals surface area contributed by atoms with Gasteiger partial charge in [0.15, 0.2) is 11.9 Å². The number of hydrogen-bond donors (Lipinski definition) is 5. The number of hydrogen-bond acceptors (Lipinski definition) is 12. The van der Waals surface area contributed by atoms with E-state index >= 15 is 0 Å². The van der Waals surface area contributed by atoms with E-state index in [0.29, 0.717) is 16.4 Å². The summed E-state index contributed by atoms with van der Waals surface area (Å²) >= 11 is 3.28. The summed E-state index contributed by atoms with van der Waals surface area (Å²) in [6.45, 7) is 3.28. The van der Waals surface area contributed by atoms with Gasteiger partial charge in [-0.15, -0.1) is 0 Å². The lowest BCUT2D eigenvalue weighted by molar-refractivity contribution is -0.147. The van der Waals surface area contributed by atoms with Gasteiger partial charge in [-0.1, -0.05) is 0 Å². The van der Waals surface area contributed by atoms with Crippen LogP contribution in [0.2, 0.25) is 0 Å². The van der Waals surface area contributed by atoms with E-state index in [1.165, 1.54) is 18.2 Å². The van der Waals surface area contributed by atoms with Gasteiger partial charge < -0.3 is 44.6 Å². The van der Waals surface area contributed by atoms with Crippen LogP contribution in [0.5, 0.6) is 5.75 Å². The summed E-state index contributed by atoms with van der Waals surface area (Å²) in [6.07, 6.45) is -3.19. The third-order valence-corrected chi connectivity index (χ3v) is 6.26. The fourth-order valence-corrected chi connectivity index (χ4v) is 4.14. The third-order valence-electron chi connectivity index (χ3n) is 5.64. The van der Waals surface area contributed by atoms with Crippen LogP contribution in [0.1, 0.15) is 37.0 Å². The van der Waals surface area contributed by atoms with Gasteiger partial charge in [-0.25, -0.2) is 14.4 Å². The molecule has 0 aliphatic carbocycles. The minimum atomic E-state index is -1.55. The molecule has 2 amide bonds. The van der Waals surface area contributed by atoms with Crippen molar-refractivity contribution >= 4 is 50.7 Å². The summed E-state index contributed by atoms with van der Waals surface area (Å²) in [4.78, 5) is 61.0. The van der Waals surface area contributed by atoms with Crippen molar-refractivity contribution in [2.45, 2.75) is 44.9 Å². The summed E-state index contributed by atoms with van der Waals surface area (Å²) in [5.74, 6) is -4.92. The molecule has 14 nitrogen and oxygen atoms in total. The molecule has 0 saturated carbocycles. The van der Waals surface area contributed by atoms with Crippen LogP contribution >= 0.6 is 15.9 Å². The van der Waals surface area contributed by atoms with Crippen LogP contribution in [0.25, 0.3) is 11.0 Å². The van der Waals surface area contributed by atoms with Crippen LogP contribution in [-0.4, -0.2) is 77.1 Å². The number of nitrogens with one attached hydrogen (secondary N) is 2. The van der Waals surface area contributed by atoms with Gasteiger partial charge in [0.1, 0.15) is 35.6 Å². The Kier molecular flexibility index (Phi) is 10.1. The topological polar surface area (TPSA) is 211 Å². The molecule has 1 aromatic heterocycles. The monoisotopic (exact) mass is 626 g/mol. The molecule has 1 aromatic carbocycles. The Labute approximate surface area is 235 Å². The molecular formula is C25H27BrN2O12. The Morgan fingerprint density at radius 1 is 1.15 bits per heavy atom. The van der Waals surface area contributed by atoms with E-state index in [2.05, 4.69) is 31.3 Å². The molecule has 0 spiro atoms. The molecule has 0 unspecified atom stereocenters. The number of aliphatic hydroxyl groups is 3. The molecule has 1 aliphatic heterocycles. The van der Waals surface area contributed by atoms with Crippen LogP contribution in [0, 0.1) is 0 Å². The smallest absolute Gasteiger partial charge is 0.377 e. The van der Waals surface area contributed by atoms with E-state index in [9.17, 15) is 39.3 Å². The van der Waals surface area contributed by atoms with Crippen molar-refractivity contribution in [1.82, 2.24) is 10.6 Å². The van der Waals surface area contributed by atoms with Crippen molar-refractivity contribution in [2.75, 3.05) is 19.8 Å². The molecule has 0 saturated heterocycles. The van der Waals surface area contributed by atoms with Gasteiger partial charge in [0, 0.05) is 24.4 Å². The zero-order valence-corrected chi connectivity index (χ0v) is 23.0. The van der Waals surface area contributed by atoms with Gasteiger partial charge in [0.25, 0.3) is 5.91 Å². The highest BCUT2D eigenvalue weighted by Crippen LogP contribution is 2.31. The Morgan fingerprint density at radius 3 is 2.50 bits per heavy atom. The summed E-state index contributed by atoms with van der Waals surface area (Å²) in [5.41, 5.74) is -1.41. The first kappa shape index (κ1) is 30.4. The third kappa shape index (κ3) is 7.09. The predicted molar refractivity (Wildman–Crippen MR) is 140 cm³/mol. The molecule has 0 bridgehead atoms. The van der Waals surface area contributed by atoms with Crippen LogP contribution in [-0.2, 0) is 23.9 Å². The standard InChI is InChI=1S/C25H27BrN2O12/c1-3-27-18(30)6-5-14(24(35)37-4-2)28-22(33)12-7-11-8-13(26)17(9-16(11)39-23(12)34)38-10-15(29)21-19(31)20(32)25(36)40-21/h7-9,14-15,21,29,31-32H,3-6,10H2,1-2H3,(H,27,30)(H,28,33)/t14-,15-,21+/m0/s1. The number of rotatable bonds is 12. The molecule has 5 N–H and O–H groups in total. The van der Waals surface area contributed by atoms with Gasteiger partial charge in [-0.3, -0.25) is 9.59 Å². The Bertz CT molecular complexity index is 1400. The van der Waals surface area contributed by atoms with Crippen LogP contribution < -0.4 is 21.0 Å². The largest absolute Gasteiger partial charge is 0.505 e. The molecule has 1 aliphatic rings. The van der Waals surface area contributed by atoms with Crippen LogP contribution in [0.4, 0.5) is 0 Å². The highest BCUT2D eigenvalue weighted by molar-refractivity contribution is 9.10. The van der Waals surface area contributed by atoms with E-state index < -0.39 is 65.4 Å². The number of esters is 2. The molecule has 3 atom stereocenters. The number of aliphatic hydroxyl groups excluding tert-OH is 3. The normalized spacial score (nSPS) is 16.3. The van der Waals surface area contributed by atoms with E-state index in [0.717, 1.165) is 0 Å². The SMILES string of the molecule is CCNC(=O)CC[C@H](NC(=O)c1cc2cc(Br)c(OC[C@H](O)[C@H]3OC(=O)C(O)=C3O)cc2oc1=O)C(=O)OCC. The van der Waals surface area contributed by atoms with E-state index in [1.807, 2.05) is 0 Å². The molecule has 0 radical (unpaired) electrons. The first-order chi connectivity index (χ1) is 19.0. The maximum atomic E-state index is 12.9. The first-order valence-corrected chi connectivity index (χ1v) is 12.9. The number of carbonyl (C=O) groups excluding carboxylic acids is 4. The number of cyclic esters (lactones) is 1.